The molecule has 4 rings (SSSR count). The van der Waals surface area contributed by atoms with Crippen LogP contribution in [0.2, 0.25) is 0 Å². The molecule has 0 bridgehead atoms. The number of fused-ring (bicyclic) bond motifs is 1. The van der Waals surface area contributed by atoms with Gasteiger partial charge in [0.15, 0.2) is 10.9 Å². The van der Waals surface area contributed by atoms with Crippen LogP contribution in [-0.2, 0) is 25.2 Å². The summed E-state index contributed by atoms with van der Waals surface area (Å²) in [5.41, 5.74) is 4.34. The van der Waals surface area contributed by atoms with E-state index in [1.807, 2.05) is 52.0 Å². The number of H-pyrrole nitrogens is 1. The molecule has 0 amide bonds. The summed E-state index contributed by atoms with van der Waals surface area (Å²) in [6, 6.07) is 7.71. The summed E-state index contributed by atoms with van der Waals surface area (Å²) in [5.74, 6) is 0.736. The fourth-order valence-electron chi connectivity index (χ4n) is 3.69. The van der Waals surface area contributed by atoms with Crippen molar-refractivity contribution >= 4 is 21.0 Å². The summed E-state index contributed by atoms with van der Waals surface area (Å²) >= 11 is 0. The number of imidazole rings is 1. The van der Waals surface area contributed by atoms with Gasteiger partial charge in [0.2, 0.25) is 0 Å². The number of aromatic amines is 1. The number of aromatic nitrogens is 3. The minimum Gasteiger partial charge on any atom is -0.492 e. The number of hydrogen-bond donors (Lipinski definition) is 2. The fourth-order valence-corrected chi connectivity index (χ4v) is 5.40. The predicted molar refractivity (Wildman–Crippen MR) is 122 cm³/mol. The van der Waals surface area contributed by atoms with Gasteiger partial charge in [-0.05, 0) is 56.0 Å². The Balaban J connectivity index is 1.51. The van der Waals surface area contributed by atoms with E-state index in [4.69, 9.17) is 14.2 Å². The third kappa shape index (κ3) is 4.81. The molecule has 0 unspecified atom stereocenters. The van der Waals surface area contributed by atoms with Crippen molar-refractivity contribution in [1.29, 1.82) is 0 Å². The van der Waals surface area contributed by atoms with E-state index in [2.05, 4.69) is 15.0 Å². The van der Waals surface area contributed by atoms with Gasteiger partial charge in [-0.15, -0.1) is 0 Å². The lowest BCUT2D eigenvalue weighted by Crippen LogP contribution is -2.41. The lowest BCUT2D eigenvalue weighted by atomic mass is 10.1. The lowest BCUT2D eigenvalue weighted by molar-refractivity contribution is -0.264. The van der Waals surface area contributed by atoms with Crippen LogP contribution in [0, 0.1) is 19.8 Å². The molecule has 0 atom stereocenters. The number of pyridine rings is 1. The third-order valence-electron chi connectivity index (χ3n) is 5.62. The fraction of sp³-hybridized carbons (Fsp3) is 0.478. The highest BCUT2D eigenvalue weighted by Crippen LogP contribution is 2.30. The van der Waals surface area contributed by atoms with E-state index in [1.54, 1.807) is 12.5 Å². The van der Waals surface area contributed by atoms with E-state index < -0.39 is 15.7 Å². The lowest BCUT2D eigenvalue weighted by Gasteiger charge is -2.34. The van der Waals surface area contributed by atoms with Gasteiger partial charge in [0.05, 0.1) is 42.3 Å². The number of benzene rings is 1. The highest BCUT2D eigenvalue weighted by molar-refractivity contribution is 8.01. The van der Waals surface area contributed by atoms with Gasteiger partial charge in [-0.1, -0.05) is 12.1 Å². The number of nitrogens with zero attached hydrogens (tertiary/aromatic N) is 2. The zero-order chi connectivity index (χ0) is 22.2. The van der Waals surface area contributed by atoms with Crippen molar-refractivity contribution in [3.05, 3.63) is 47.3 Å². The van der Waals surface area contributed by atoms with Gasteiger partial charge in [-0.2, -0.15) is 0 Å². The Morgan fingerprint density at radius 3 is 2.65 bits per heavy atom. The number of aryl methyl sites for hydroxylation is 1. The van der Waals surface area contributed by atoms with Crippen LogP contribution in [0.25, 0.3) is 11.0 Å². The van der Waals surface area contributed by atoms with Crippen molar-refractivity contribution in [2.45, 2.75) is 44.4 Å². The van der Waals surface area contributed by atoms with E-state index in [-0.39, 0.29) is 5.92 Å². The summed E-state index contributed by atoms with van der Waals surface area (Å²) in [6.45, 7) is 9.46. The molecule has 1 aromatic carbocycles. The van der Waals surface area contributed by atoms with Crippen LogP contribution in [0.15, 0.2) is 35.6 Å². The van der Waals surface area contributed by atoms with Crippen LogP contribution in [0.5, 0.6) is 5.75 Å². The summed E-state index contributed by atoms with van der Waals surface area (Å²) in [5, 5.41) is 0.525. The van der Waals surface area contributed by atoms with E-state index >= 15 is 0 Å². The normalized spacial score (nSPS) is 17.7. The molecule has 0 aliphatic carbocycles. The Morgan fingerprint density at radius 1 is 1.23 bits per heavy atom. The quantitative estimate of drug-likeness (QED) is 0.564. The monoisotopic (exact) mass is 445 g/mol. The maximum Gasteiger partial charge on any atom is 0.173 e. The molecular formula is C23H31N3O4S. The number of nitrogens with one attached hydrogen (secondary N) is 1. The molecule has 1 N–H and O–H groups in total. The number of para-hydroxylation sites is 2. The van der Waals surface area contributed by atoms with Crippen molar-refractivity contribution in [1.82, 2.24) is 15.0 Å². The Hall–Kier alpha value is -2.29. The first-order chi connectivity index (χ1) is 14.6. The molecule has 1 saturated heterocycles. The van der Waals surface area contributed by atoms with Crippen molar-refractivity contribution in [2.24, 2.45) is 5.92 Å². The maximum atomic E-state index is 13.6. The molecular weight excluding hydrogens is 414 g/mol. The zero-order valence-corrected chi connectivity index (χ0v) is 19.7. The predicted octanol–water partition coefficient (Wildman–Crippen LogP) is 3.56. The SMILES string of the molecule is Cc1cnc(C[SH](C)(=O)c2nc3ccccc3[nH]2)c(C)c1OCC1COC(C)(C)OC1. The number of hydrogen-bond acceptors (Lipinski definition) is 6. The van der Waals surface area contributed by atoms with Gasteiger partial charge in [0.1, 0.15) is 5.75 Å². The second kappa shape index (κ2) is 8.33. The number of ether oxygens (including phenoxy) is 3. The van der Waals surface area contributed by atoms with Gasteiger partial charge in [-0.25, -0.2) is 4.98 Å². The molecule has 1 fully saturated rings. The smallest absolute Gasteiger partial charge is 0.173 e. The molecule has 31 heavy (non-hydrogen) atoms. The van der Waals surface area contributed by atoms with E-state index in [0.29, 0.717) is 30.7 Å². The molecule has 2 aromatic heterocycles. The second-order valence-electron chi connectivity index (χ2n) is 8.88. The van der Waals surface area contributed by atoms with Crippen LogP contribution in [0.3, 0.4) is 0 Å². The van der Waals surface area contributed by atoms with Crippen LogP contribution in [-0.4, -0.2) is 51.0 Å². The zero-order valence-electron chi connectivity index (χ0n) is 18.8. The van der Waals surface area contributed by atoms with Gasteiger partial charge >= 0.3 is 0 Å². The minimum absolute atomic E-state index is 0.163. The molecule has 3 aromatic rings. The molecule has 1 aliphatic heterocycles. The van der Waals surface area contributed by atoms with Gasteiger partial charge in [0, 0.05) is 23.2 Å². The topological polar surface area (TPSA) is 86.3 Å². The average molecular weight is 446 g/mol. The first-order valence-corrected chi connectivity index (χ1v) is 12.9. The number of thiol groups is 1. The molecule has 0 spiro atoms. The van der Waals surface area contributed by atoms with Crippen LogP contribution < -0.4 is 4.74 Å². The summed E-state index contributed by atoms with van der Waals surface area (Å²) in [7, 11) is -2.79. The summed E-state index contributed by atoms with van der Waals surface area (Å²) in [6.07, 6.45) is 3.54. The van der Waals surface area contributed by atoms with Crippen molar-refractivity contribution < 1.29 is 18.4 Å². The molecule has 8 heteroatoms. The molecule has 0 saturated carbocycles. The van der Waals surface area contributed by atoms with Gasteiger partial charge < -0.3 is 19.2 Å². The Labute approximate surface area is 184 Å². The second-order valence-corrected chi connectivity index (χ2v) is 11.8. The average Bonchev–Trinajstić information content (AvgIpc) is 3.16. The largest absolute Gasteiger partial charge is 0.492 e. The van der Waals surface area contributed by atoms with Gasteiger partial charge in [-0.3, -0.25) is 9.19 Å². The van der Waals surface area contributed by atoms with Crippen LogP contribution in [0.4, 0.5) is 0 Å². The van der Waals surface area contributed by atoms with Crippen LogP contribution >= 0.6 is 0 Å². The summed E-state index contributed by atoms with van der Waals surface area (Å²) < 4.78 is 31.2. The van der Waals surface area contributed by atoms with E-state index in [9.17, 15) is 4.21 Å². The maximum absolute atomic E-state index is 13.6. The first kappa shape index (κ1) is 21.9. The minimum atomic E-state index is -2.79. The van der Waals surface area contributed by atoms with E-state index in [1.165, 1.54) is 0 Å². The highest BCUT2D eigenvalue weighted by Gasteiger charge is 2.29. The van der Waals surface area contributed by atoms with Crippen molar-refractivity contribution in [2.75, 3.05) is 26.1 Å². The van der Waals surface area contributed by atoms with Crippen molar-refractivity contribution in [3.8, 4) is 5.75 Å². The molecule has 1 aliphatic rings. The Morgan fingerprint density at radius 2 is 1.94 bits per heavy atom. The summed E-state index contributed by atoms with van der Waals surface area (Å²) in [4.78, 5) is 12.3. The Kier molecular flexibility index (Phi) is 5.89. The van der Waals surface area contributed by atoms with Crippen LogP contribution in [0.1, 0.15) is 30.7 Å². The van der Waals surface area contributed by atoms with Crippen molar-refractivity contribution in [3.63, 3.8) is 0 Å². The third-order valence-corrected chi connectivity index (χ3v) is 7.63. The highest BCUT2D eigenvalue weighted by atomic mass is 32.2. The molecule has 0 radical (unpaired) electrons. The standard InChI is InChI=1S/C23H31N3O4S/c1-15-10-24-20(14-31(5,27)22-25-18-8-6-7-9-19(18)26-22)16(2)21(15)28-11-17-12-29-23(3,4)30-13-17/h6-10,17,31H,11-14H2,1-5H3,(H,25,26). The molecule has 3 heterocycles. The number of rotatable bonds is 6. The van der Waals surface area contributed by atoms with E-state index in [0.717, 1.165) is 33.6 Å². The Bertz CT molecular complexity index is 1100. The first-order valence-electron chi connectivity index (χ1n) is 10.5. The van der Waals surface area contributed by atoms with Gasteiger partial charge in [0.25, 0.3) is 0 Å². The molecule has 7 nitrogen and oxygen atoms in total. The molecule has 168 valence electrons.